The summed E-state index contributed by atoms with van der Waals surface area (Å²) in [7, 11) is 0. The highest BCUT2D eigenvalue weighted by Crippen LogP contribution is 2.38. The summed E-state index contributed by atoms with van der Waals surface area (Å²) in [6.45, 7) is 0. The first-order valence-electron chi connectivity index (χ1n) is 3.19. The maximum atomic E-state index is 12.7. The second-order valence-corrected chi connectivity index (χ2v) is 3.34. The van der Waals surface area contributed by atoms with Crippen LogP contribution in [0.5, 0.6) is 0 Å². The molecule has 0 aliphatic heterocycles. The fourth-order valence-corrected chi connectivity index (χ4v) is 1.33. The lowest BCUT2D eigenvalue weighted by Crippen LogP contribution is -2.00. The van der Waals surface area contributed by atoms with Gasteiger partial charge in [-0.25, -0.2) is 4.39 Å². The van der Waals surface area contributed by atoms with E-state index in [0.717, 1.165) is 12.1 Å². The van der Waals surface area contributed by atoms with E-state index in [0.29, 0.717) is 0 Å². The van der Waals surface area contributed by atoms with Crippen LogP contribution in [0.25, 0.3) is 0 Å². The molecule has 1 rings (SSSR count). The van der Waals surface area contributed by atoms with Crippen LogP contribution in [0.1, 0.15) is 0 Å². The average molecular weight is 211 g/mol. The van der Waals surface area contributed by atoms with Crippen molar-refractivity contribution in [3.63, 3.8) is 0 Å². The molecule has 0 radical (unpaired) electrons. The molecule has 0 amide bonds. The second kappa shape index (κ2) is 3.45. The highest BCUT2D eigenvalue weighted by atomic mass is 32.2. The summed E-state index contributed by atoms with van der Waals surface area (Å²) in [5.41, 5.74) is 0.812. The molecule has 0 aromatic heterocycles. The fraction of sp³-hybridized carbons (Fsp3) is 0.143. The van der Waals surface area contributed by atoms with Crippen LogP contribution in [-0.4, -0.2) is 5.51 Å². The number of halogens is 4. The first-order valence-corrected chi connectivity index (χ1v) is 4.01. The van der Waals surface area contributed by atoms with Crippen molar-refractivity contribution < 1.29 is 17.6 Å². The normalized spacial score (nSPS) is 11.7. The molecule has 0 aliphatic rings. The fourth-order valence-electron chi connectivity index (χ4n) is 0.723. The van der Waals surface area contributed by atoms with Crippen LogP contribution in [0.4, 0.5) is 23.2 Å². The molecule has 2 N–H and O–H groups in total. The number of hydrogen-bond acceptors (Lipinski definition) is 2. The zero-order chi connectivity index (χ0) is 10.1. The van der Waals surface area contributed by atoms with Gasteiger partial charge in [-0.3, -0.25) is 0 Å². The highest BCUT2D eigenvalue weighted by Gasteiger charge is 2.30. The van der Waals surface area contributed by atoms with E-state index in [1.165, 1.54) is 6.07 Å². The summed E-state index contributed by atoms with van der Waals surface area (Å²) in [5, 5.41) is 0. The largest absolute Gasteiger partial charge is 0.446 e. The van der Waals surface area contributed by atoms with Crippen molar-refractivity contribution in [2.24, 2.45) is 0 Å². The monoisotopic (exact) mass is 211 g/mol. The quantitative estimate of drug-likeness (QED) is 0.439. The number of benzene rings is 1. The van der Waals surface area contributed by atoms with Crippen LogP contribution in [0.3, 0.4) is 0 Å². The number of nitrogen functional groups attached to an aromatic ring is 1. The summed E-state index contributed by atoms with van der Waals surface area (Å²) in [4.78, 5) is -0.507. The summed E-state index contributed by atoms with van der Waals surface area (Å²) in [6, 6.07) is 3.06. The third kappa shape index (κ3) is 3.14. The molecule has 0 unspecified atom stereocenters. The summed E-state index contributed by atoms with van der Waals surface area (Å²) < 4.78 is 48.1. The van der Waals surface area contributed by atoms with E-state index in [2.05, 4.69) is 0 Å². The van der Waals surface area contributed by atoms with Crippen molar-refractivity contribution in [1.29, 1.82) is 0 Å². The smallest absolute Gasteiger partial charge is 0.399 e. The lowest BCUT2D eigenvalue weighted by molar-refractivity contribution is -0.0329. The van der Waals surface area contributed by atoms with Gasteiger partial charge in [-0.15, -0.1) is 0 Å². The predicted octanol–water partition coefficient (Wildman–Crippen LogP) is 3.02. The molecule has 0 atom stereocenters. The molecule has 0 heterocycles. The predicted molar refractivity (Wildman–Crippen MR) is 42.7 cm³/mol. The Hall–Kier alpha value is -0.910. The van der Waals surface area contributed by atoms with Gasteiger partial charge in [-0.05, 0) is 30.0 Å². The number of anilines is 1. The molecule has 0 bridgehead atoms. The lowest BCUT2D eigenvalue weighted by atomic mass is 10.3. The molecular weight excluding hydrogens is 206 g/mol. The van der Waals surface area contributed by atoms with Crippen LogP contribution in [0, 0.1) is 5.82 Å². The van der Waals surface area contributed by atoms with E-state index in [1.807, 2.05) is 0 Å². The zero-order valence-corrected chi connectivity index (χ0v) is 7.05. The molecule has 0 saturated carbocycles. The Bertz CT molecular complexity index is 310. The first kappa shape index (κ1) is 10.2. The maximum Gasteiger partial charge on any atom is 0.446 e. The van der Waals surface area contributed by atoms with E-state index in [4.69, 9.17) is 5.73 Å². The van der Waals surface area contributed by atoms with E-state index >= 15 is 0 Å². The Labute approximate surface area is 75.9 Å². The van der Waals surface area contributed by atoms with Crippen molar-refractivity contribution in [3.8, 4) is 0 Å². The minimum Gasteiger partial charge on any atom is -0.399 e. The Balaban J connectivity index is 2.94. The Morgan fingerprint density at radius 2 is 1.85 bits per heavy atom. The summed E-state index contributed by atoms with van der Waals surface area (Å²) in [6.07, 6.45) is 0. The number of rotatable bonds is 1. The number of alkyl halides is 3. The van der Waals surface area contributed by atoms with E-state index in [1.54, 1.807) is 0 Å². The van der Waals surface area contributed by atoms with Crippen LogP contribution in [-0.2, 0) is 0 Å². The van der Waals surface area contributed by atoms with Crippen LogP contribution in [0.15, 0.2) is 23.1 Å². The van der Waals surface area contributed by atoms with Gasteiger partial charge in [0.05, 0.1) is 4.90 Å². The van der Waals surface area contributed by atoms with Crippen molar-refractivity contribution >= 4 is 17.4 Å². The van der Waals surface area contributed by atoms with Crippen molar-refractivity contribution in [2.75, 3.05) is 5.73 Å². The second-order valence-electron chi connectivity index (χ2n) is 2.24. The minimum atomic E-state index is -4.49. The maximum absolute atomic E-state index is 12.7. The van der Waals surface area contributed by atoms with Crippen molar-refractivity contribution in [1.82, 2.24) is 0 Å². The molecule has 1 nitrogen and oxygen atoms in total. The molecule has 0 spiro atoms. The summed E-state index contributed by atoms with van der Waals surface area (Å²) >= 11 is -0.513. The third-order valence-corrected chi connectivity index (χ3v) is 1.95. The average Bonchev–Trinajstić information content (AvgIpc) is 1.94. The van der Waals surface area contributed by atoms with Gasteiger partial charge in [0.15, 0.2) is 0 Å². The van der Waals surface area contributed by atoms with Gasteiger partial charge in [0.1, 0.15) is 5.82 Å². The highest BCUT2D eigenvalue weighted by molar-refractivity contribution is 8.00. The van der Waals surface area contributed by atoms with Gasteiger partial charge in [0.25, 0.3) is 0 Å². The number of nitrogens with two attached hydrogens (primary N) is 1. The van der Waals surface area contributed by atoms with E-state index in [-0.39, 0.29) is 5.69 Å². The molecule has 72 valence electrons. The van der Waals surface area contributed by atoms with Crippen LogP contribution in [0.2, 0.25) is 0 Å². The molecule has 1 aromatic carbocycles. The van der Waals surface area contributed by atoms with Crippen LogP contribution >= 0.6 is 11.8 Å². The van der Waals surface area contributed by atoms with Gasteiger partial charge in [0.2, 0.25) is 0 Å². The minimum absolute atomic E-state index is 0.105. The number of hydrogen-bond donors (Lipinski definition) is 1. The molecule has 0 fully saturated rings. The van der Waals surface area contributed by atoms with E-state index in [9.17, 15) is 17.6 Å². The topological polar surface area (TPSA) is 26.0 Å². The molecule has 6 heteroatoms. The van der Waals surface area contributed by atoms with Crippen molar-refractivity contribution in [3.05, 3.63) is 24.0 Å². The number of thioether (sulfide) groups is 1. The third-order valence-electron chi connectivity index (χ3n) is 1.18. The van der Waals surface area contributed by atoms with Crippen LogP contribution < -0.4 is 5.73 Å². The lowest BCUT2D eigenvalue weighted by Gasteiger charge is -2.06. The Kier molecular flexibility index (Phi) is 2.70. The Morgan fingerprint density at radius 1 is 1.23 bits per heavy atom. The molecule has 0 aliphatic carbocycles. The SMILES string of the molecule is Nc1ccc(F)c(SC(F)(F)F)c1. The van der Waals surface area contributed by atoms with E-state index < -0.39 is 28.0 Å². The van der Waals surface area contributed by atoms with Crippen molar-refractivity contribution in [2.45, 2.75) is 10.4 Å². The van der Waals surface area contributed by atoms with Gasteiger partial charge in [-0.2, -0.15) is 13.2 Å². The van der Waals surface area contributed by atoms with Gasteiger partial charge in [-0.1, -0.05) is 0 Å². The molecule has 1 aromatic rings. The molecule has 0 saturated heterocycles. The standard InChI is InChI=1S/C7H5F4NS/c8-5-2-1-4(12)3-6(5)13-7(9,10)11/h1-3H,12H2. The molecule has 13 heavy (non-hydrogen) atoms. The molecular formula is C7H5F4NS. The zero-order valence-electron chi connectivity index (χ0n) is 6.23. The summed E-state index contributed by atoms with van der Waals surface area (Å²) in [5.74, 6) is -0.920. The Morgan fingerprint density at radius 3 is 2.38 bits per heavy atom. The first-order chi connectivity index (χ1) is 5.88. The van der Waals surface area contributed by atoms with Gasteiger partial charge >= 0.3 is 5.51 Å². The van der Waals surface area contributed by atoms with Gasteiger partial charge < -0.3 is 5.73 Å². The van der Waals surface area contributed by atoms with Gasteiger partial charge in [0, 0.05) is 5.69 Å².